The molecule has 0 saturated carbocycles. The van der Waals surface area contributed by atoms with Crippen LogP contribution in [0.3, 0.4) is 0 Å². The van der Waals surface area contributed by atoms with Crippen molar-refractivity contribution in [3.8, 4) is 0 Å². The van der Waals surface area contributed by atoms with Crippen LogP contribution in [0.2, 0.25) is 5.02 Å². The number of aromatic nitrogens is 1. The van der Waals surface area contributed by atoms with Crippen LogP contribution in [0.15, 0.2) is 18.5 Å². The van der Waals surface area contributed by atoms with Crippen molar-refractivity contribution in [2.75, 3.05) is 6.61 Å². The smallest absolute Gasteiger partial charge is 0.0634 e. The SMILES string of the molecule is CC(C)[C@@H](CO)NCc1ccncc1Cl. The minimum atomic E-state index is 0.106. The second kappa shape index (κ2) is 6.05. The van der Waals surface area contributed by atoms with Crippen LogP contribution in [0.5, 0.6) is 0 Å². The van der Waals surface area contributed by atoms with Crippen LogP contribution in [0.1, 0.15) is 19.4 Å². The van der Waals surface area contributed by atoms with E-state index in [1.807, 2.05) is 6.07 Å². The summed E-state index contributed by atoms with van der Waals surface area (Å²) in [5, 5.41) is 13.1. The van der Waals surface area contributed by atoms with Gasteiger partial charge in [-0.05, 0) is 17.5 Å². The lowest BCUT2D eigenvalue weighted by Crippen LogP contribution is -2.36. The van der Waals surface area contributed by atoms with E-state index < -0.39 is 0 Å². The zero-order valence-electron chi connectivity index (χ0n) is 9.07. The Kier molecular flexibility index (Phi) is 5.02. The van der Waals surface area contributed by atoms with Crippen LogP contribution in [-0.2, 0) is 6.54 Å². The molecule has 0 aliphatic heterocycles. The van der Waals surface area contributed by atoms with Gasteiger partial charge in [0.25, 0.3) is 0 Å². The molecule has 84 valence electrons. The van der Waals surface area contributed by atoms with Crippen LogP contribution in [0, 0.1) is 5.92 Å². The molecule has 0 spiro atoms. The average Bonchev–Trinajstić information content (AvgIpc) is 2.21. The number of pyridine rings is 1. The van der Waals surface area contributed by atoms with Crippen molar-refractivity contribution in [1.29, 1.82) is 0 Å². The van der Waals surface area contributed by atoms with Crippen molar-refractivity contribution in [1.82, 2.24) is 10.3 Å². The summed E-state index contributed by atoms with van der Waals surface area (Å²) >= 11 is 5.97. The Morgan fingerprint density at radius 1 is 1.53 bits per heavy atom. The molecule has 0 aliphatic carbocycles. The molecule has 0 aromatic carbocycles. The Balaban J connectivity index is 2.53. The monoisotopic (exact) mass is 228 g/mol. The first-order chi connectivity index (χ1) is 7.15. The number of aliphatic hydroxyl groups excluding tert-OH is 1. The van der Waals surface area contributed by atoms with Gasteiger partial charge in [0.2, 0.25) is 0 Å². The molecule has 0 aliphatic rings. The number of rotatable bonds is 5. The average molecular weight is 229 g/mol. The summed E-state index contributed by atoms with van der Waals surface area (Å²) in [7, 11) is 0. The summed E-state index contributed by atoms with van der Waals surface area (Å²) in [6.45, 7) is 4.94. The Morgan fingerprint density at radius 2 is 2.27 bits per heavy atom. The van der Waals surface area contributed by atoms with E-state index in [1.54, 1.807) is 12.4 Å². The molecule has 0 saturated heterocycles. The standard InChI is InChI=1S/C11H17ClN2O/c1-8(2)11(7-15)14-5-9-3-4-13-6-10(9)12/h3-4,6,8,11,14-15H,5,7H2,1-2H3/t11-/m1/s1. The van der Waals surface area contributed by atoms with Crippen molar-refractivity contribution in [3.63, 3.8) is 0 Å². The number of nitrogens with zero attached hydrogens (tertiary/aromatic N) is 1. The zero-order chi connectivity index (χ0) is 11.3. The molecule has 1 aromatic rings. The largest absolute Gasteiger partial charge is 0.395 e. The summed E-state index contributed by atoms with van der Waals surface area (Å²) in [6.07, 6.45) is 3.34. The molecule has 1 heterocycles. The molecule has 3 nitrogen and oxygen atoms in total. The molecular formula is C11H17ClN2O. The lowest BCUT2D eigenvalue weighted by atomic mass is 10.1. The van der Waals surface area contributed by atoms with Gasteiger partial charge in [-0.1, -0.05) is 25.4 Å². The van der Waals surface area contributed by atoms with E-state index in [-0.39, 0.29) is 12.6 Å². The van der Waals surface area contributed by atoms with Gasteiger partial charge in [-0.25, -0.2) is 0 Å². The molecule has 0 bridgehead atoms. The predicted octanol–water partition coefficient (Wildman–Crippen LogP) is 1.84. The minimum absolute atomic E-state index is 0.106. The second-order valence-electron chi connectivity index (χ2n) is 3.88. The molecule has 15 heavy (non-hydrogen) atoms. The highest BCUT2D eigenvalue weighted by Gasteiger charge is 2.11. The van der Waals surface area contributed by atoms with Gasteiger partial charge in [0.15, 0.2) is 0 Å². The summed E-state index contributed by atoms with van der Waals surface area (Å²) < 4.78 is 0. The Bertz CT molecular complexity index is 304. The van der Waals surface area contributed by atoms with Crippen LogP contribution in [-0.4, -0.2) is 22.7 Å². The molecule has 1 atom stereocenters. The van der Waals surface area contributed by atoms with Crippen molar-refractivity contribution < 1.29 is 5.11 Å². The van der Waals surface area contributed by atoms with E-state index in [0.29, 0.717) is 17.5 Å². The lowest BCUT2D eigenvalue weighted by molar-refractivity contribution is 0.210. The van der Waals surface area contributed by atoms with E-state index in [0.717, 1.165) is 5.56 Å². The third-order valence-electron chi connectivity index (χ3n) is 2.41. The highest BCUT2D eigenvalue weighted by atomic mass is 35.5. The highest BCUT2D eigenvalue weighted by molar-refractivity contribution is 6.31. The van der Waals surface area contributed by atoms with E-state index in [9.17, 15) is 0 Å². The van der Waals surface area contributed by atoms with Crippen molar-refractivity contribution in [3.05, 3.63) is 29.0 Å². The number of halogens is 1. The number of hydrogen-bond acceptors (Lipinski definition) is 3. The fourth-order valence-electron chi connectivity index (χ4n) is 1.30. The van der Waals surface area contributed by atoms with Gasteiger partial charge in [0.05, 0.1) is 11.6 Å². The summed E-state index contributed by atoms with van der Waals surface area (Å²) in [6, 6.07) is 1.98. The summed E-state index contributed by atoms with van der Waals surface area (Å²) in [5.41, 5.74) is 1.01. The van der Waals surface area contributed by atoms with E-state index in [4.69, 9.17) is 16.7 Å². The summed E-state index contributed by atoms with van der Waals surface area (Å²) in [4.78, 5) is 3.92. The highest BCUT2D eigenvalue weighted by Crippen LogP contribution is 2.13. The van der Waals surface area contributed by atoms with Crippen LogP contribution >= 0.6 is 11.6 Å². The normalized spacial score (nSPS) is 13.1. The fraction of sp³-hybridized carbons (Fsp3) is 0.545. The topological polar surface area (TPSA) is 45.1 Å². The molecule has 4 heteroatoms. The van der Waals surface area contributed by atoms with Crippen LogP contribution in [0.25, 0.3) is 0 Å². The van der Waals surface area contributed by atoms with Gasteiger partial charge in [-0.15, -0.1) is 0 Å². The van der Waals surface area contributed by atoms with E-state index in [2.05, 4.69) is 24.1 Å². The Morgan fingerprint density at radius 3 is 2.80 bits per heavy atom. The van der Waals surface area contributed by atoms with Gasteiger partial charge >= 0.3 is 0 Å². The van der Waals surface area contributed by atoms with E-state index in [1.165, 1.54) is 0 Å². The quantitative estimate of drug-likeness (QED) is 0.809. The fourth-order valence-corrected chi connectivity index (χ4v) is 1.49. The molecule has 1 rings (SSSR count). The maximum Gasteiger partial charge on any atom is 0.0634 e. The third kappa shape index (κ3) is 3.78. The Labute approximate surface area is 95.5 Å². The van der Waals surface area contributed by atoms with E-state index >= 15 is 0 Å². The maximum absolute atomic E-state index is 9.14. The predicted molar refractivity (Wildman–Crippen MR) is 61.8 cm³/mol. The van der Waals surface area contributed by atoms with Crippen LogP contribution in [0.4, 0.5) is 0 Å². The van der Waals surface area contributed by atoms with Gasteiger partial charge in [0, 0.05) is 25.0 Å². The van der Waals surface area contributed by atoms with Gasteiger partial charge < -0.3 is 10.4 Å². The van der Waals surface area contributed by atoms with Crippen molar-refractivity contribution in [2.45, 2.75) is 26.4 Å². The third-order valence-corrected chi connectivity index (χ3v) is 2.75. The van der Waals surface area contributed by atoms with Crippen molar-refractivity contribution >= 4 is 11.6 Å². The minimum Gasteiger partial charge on any atom is -0.395 e. The molecule has 0 radical (unpaired) electrons. The molecule has 0 amide bonds. The molecule has 2 N–H and O–H groups in total. The van der Waals surface area contributed by atoms with Crippen LogP contribution < -0.4 is 5.32 Å². The molecule has 1 aromatic heterocycles. The second-order valence-corrected chi connectivity index (χ2v) is 4.29. The zero-order valence-corrected chi connectivity index (χ0v) is 9.83. The number of nitrogens with one attached hydrogen (secondary N) is 1. The lowest BCUT2D eigenvalue weighted by Gasteiger charge is -2.20. The summed E-state index contributed by atoms with van der Waals surface area (Å²) in [5.74, 6) is 0.399. The first kappa shape index (κ1) is 12.4. The first-order valence-electron chi connectivity index (χ1n) is 5.07. The van der Waals surface area contributed by atoms with Gasteiger partial charge in [-0.2, -0.15) is 0 Å². The van der Waals surface area contributed by atoms with Gasteiger partial charge in [-0.3, -0.25) is 4.98 Å². The maximum atomic E-state index is 9.14. The van der Waals surface area contributed by atoms with Gasteiger partial charge in [0.1, 0.15) is 0 Å². The number of hydrogen-bond donors (Lipinski definition) is 2. The number of aliphatic hydroxyl groups is 1. The first-order valence-corrected chi connectivity index (χ1v) is 5.45. The Hall–Kier alpha value is -0.640. The molecular weight excluding hydrogens is 212 g/mol. The van der Waals surface area contributed by atoms with Crippen molar-refractivity contribution in [2.24, 2.45) is 5.92 Å². The molecule has 0 fully saturated rings. The molecule has 0 unspecified atom stereocenters.